The maximum absolute atomic E-state index is 12.8. The molecule has 1 nitrogen and oxygen atoms in total. The van der Waals surface area contributed by atoms with Crippen molar-refractivity contribution in [2.75, 3.05) is 0 Å². The molecule has 0 bridgehead atoms. The van der Waals surface area contributed by atoms with Gasteiger partial charge in [-0.2, -0.15) is 0 Å². The summed E-state index contributed by atoms with van der Waals surface area (Å²) in [6.07, 6.45) is 4.76. The summed E-state index contributed by atoms with van der Waals surface area (Å²) in [5.74, 6) is 1.22. The minimum atomic E-state index is -0.249. The highest BCUT2D eigenvalue weighted by Gasteiger charge is 2.00. The van der Waals surface area contributed by atoms with Crippen LogP contribution in [0.1, 0.15) is 31.7 Å². The summed E-state index contributed by atoms with van der Waals surface area (Å²) in [5, 5.41) is 0. The third kappa shape index (κ3) is 4.40. The van der Waals surface area contributed by atoms with Gasteiger partial charge in [0.15, 0.2) is 0 Å². The zero-order chi connectivity index (χ0) is 13.5. The van der Waals surface area contributed by atoms with Crippen LogP contribution in [0.15, 0.2) is 48.5 Å². The van der Waals surface area contributed by atoms with Crippen molar-refractivity contribution in [2.45, 2.75) is 32.6 Å². The molecule has 0 aromatic heterocycles. The Morgan fingerprint density at radius 3 is 2.47 bits per heavy atom. The van der Waals surface area contributed by atoms with Gasteiger partial charge in [-0.3, -0.25) is 0 Å². The van der Waals surface area contributed by atoms with Crippen molar-refractivity contribution in [3.8, 4) is 11.5 Å². The lowest BCUT2D eigenvalue weighted by Crippen LogP contribution is -1.88. The fourth-order valence-electron chi connectivity index (χ4n) is 1.98. The molecule has 0 fully saturated rings. The van der Waals surface area contributed by atoms with Crippen LogP contribution in [0.5, 0.6) is 11.5 Å². The topological polar surface area (TPSA) is 9.23 Å². The van der Waals surface area contributed by atoms with Gasteiger partial charge >= 0.3 is 0 Å². The standard InChI is InChI=1S/C17H19FO/c1-2-3-4-6-14-7-5-8-17(13-14)19-16-11-9-15(18)10-12-16/h5,7-13H,2-4,6H2,1H3. The molecule has 100 valence electrons. The van der Waals surface area contributed by atoms with E-state index in [4.69, 9.17) is 4.74 Å². The van der Waals surface area contributed by atoms with Crippen LogP contribution in [0, 0.1) is 5.82 Å². The molecule has 2 rings (SSSR count). The minimum absolute atomic E-state index is 0.249. The molecule has 0 saturated carbocycles. The lowest BCUT2D eigenvalue weighted by molar-refractivity contribution is 0.479. The maximum Gasteiger partial charge on any atom is 0.127 e. The first-order valence-electron chi connectivity index (χ1n) is 6.80. The van der Waals surface area contributed by atoms with Crippen molar-refractivity contribution in [1.29, 1.82) is 0 Å². The third-order valence-corrected chi connectivity index (χ3v) is 3.02. The molecule has 0 unspecified atom stereocenters. The van der Waals surface area contributed by atoms with Crippen molar-refractivity contribution in [1.82, 2.24) is 0 Å². The summed E-state index contributed by atoms with van der Waals surface area (Å²) in [6.45, 7) is 2.20. The maximum atomic E-state index is 12.8. The quantitative estimate of drug-likeness (QED) is 0.634. The molecule has 0 amide bonds. The Labute approximate surface area is 114 Å². The minimum Gasteiger partial charge on any atom is -0.457 e. The van der Waals surface area contributed by atoms with Crippen LogP contribution < -0.4 is 4.74 Å². The van der Waals surface area contributed by atoms with Gasteiger partial charge in [0.05, 0.1) is 0 Å². The van der Waals surface area contributed by atoms with Crippen LogP contribution in [0.4, 0.5) is 4.39 Å². The van der Waals surface area contributed by atoms with Crippen molar-refractivity contribution < 1.29 is 9.13 Å². The van der Waals surface area contributed by atoms with E-state index < -0.39 is 0 Å². The molecule has 0 radical (unpaired) electrons. The van der Waals surface area contributed by atoms with Crippen LogP contribution in [0.2, 0.25) is 0 Å². The van der Waals surface area contributed by atoms with Gasteiger partial charge in [-0.15, -0.1) is 0 Å². The molecule has 0 aliphatic heterocycles. The van der Waals surface area contributed by atoms with Gasteiger partial charge in [0.25, 0.3) is 0 Å². The average molecular weight is 258 g/mol. The molecule has 0 N–H and O–H groups in total. The van der Waals surface area contributed by atoms with Gasteiger partial charge in [-0.25, -0.2) is 4.39 Å². The summed E-state index contributed by atoms with van der Waals surface area (Å²) >= 11 is 0. The summed E-state index contributed by atoms with van der Waals surface area (Å²) in [4.78, 5) is 0. The normalized spacial score (nSPS) is 10.4. The van der Waals surface area contributed by atoms with E-state index in [-0.39, 0.29) is 5.82 Å². The van der Waals surface area contributed by atoms with Crippen LogP contribution in [-0.4, -0.2) is 0 Å². The van der Waals surface area contributed by atoms with Crippen LogP contribution in [0.25, 0.3) is 0 Å². The monoisotopic (exact) mass is 258 g/mol. The molecule has 0 atom stereocenters. The molecule has 0 spiro atoms. The Balaban J connectivity index is 2.00. The number of aryl methyl sites for hydroxylation is 1. The number of rotatable bonds is 6. The average Bonchev–Trinajstić information content (AvgIpc) is 2.42. The van der Waals surface area contributed by atoms with Crippen LogP contribution in [0.3, 0.4) is 0 Å². The first kappa shape index (κ1) is 13.6. The Morgan fingerprint density at radius 2 is 1.74 bits per heavy atom. The number of ether oxygens (including phenoxy) is 1. The Bertz CT molecular complexity index is 505. The molecule has 0 aliphatic carbocycles. The molecule has 0 aliphatic rings. The molecule has 19 heavy (non-hydrogen) atoms. The molecule has 0 saturated heterocycles. The Morgan fingerprint density at radius 1 is 0.947 bits per heavy atom. The Hall–Kier alpha value is -1.83. The third-order valence-electron chi connectivity index (χ3n) is 3.02. The summed E-state index contributed by atoms with van der Waals surface area (Å²) < 4.78 is 18.5. The van der Waals surface area contributed by atoms with E-state index >= 15 is 0 Å². The molecular formula is C17H19FO. The Kier molecular flexibility index (Phi) is 4.96. The number of benzene rings is 2. The smallest absolute Gasteiger partial charge is 0.127 e. The highest BCUT2D eigenvalue weighted by molar-refractivity contribution is 5.34. The second-order valence-electron chi connectivity index (χ2n) is 4.66. The summed E-state index contributed by atoms with van der Waals surface area (Å²) in [7, 11) is 0. The highest BCUT2D eigenvalue weighted by Crippen LogP contribution is 2.23. The second-order valence-corrected chi connectivity index (χ2v) is 4.66. The number of hydrogen-bond acceptors (Lipinski definition) is 1. The molecular weight excluding hydrogens is 239 g/mol. The zero-order valence-electron chi connectivity index (χ0n) is 11.2. The van der Waals surface area contributed by atoms with Crippen molar-refractivity contribution >= 4 is 0 Å². The molecule has 2 aromatic carbocycles. The molecule has 0 heterocycles. The lowest BCUT2D eigenvalue weighted by Gasteiger charge is -2.07. The fourth-order valence-corrected chi connectivity index (χ4v) is 1.98. The van der Waals surface area contributed by atoms with Crippen molar-refractivity contribution in [3.05, 3.63) is 59.9 Å². The van der Waals surface area contributed by atoms with Gasteiger partial charge in [-0.05, 0) is 54.8 Å². The van der Waals surface area contributed by atoms with Gasteiger partial charge in [-0.1, -0.05) is 31.9 Å². The summed E-state index contributed by atoms with van der Waals surface area (Å²) in [5.41, 5.74) is 1.29. The number of hydrogen-bond donors (Lipinski definition) is 0. The van der Waals surface area contributed by atoms with Crippen molar-refractivity contribution in [2.24, 2.45) is 0 Å². The van der Waals surface area contributed by atoms with Crippen molar-refractivity contribution in [3.63, 3.8) is 0 Å². The van der Waals surface area contributed by atoms with E-state index in [1.165, 1.54) is 37.0 Å². The second kappa shape index (κ2) is 6.93. The van der Waals surface area contributed by atoms with Gasteiger partial charge < -0.3 is 4.74 Å². The predicted molar refractivity (Wildman–Crippen MR) is 76.1 cm³/mol. The van der Waals surface area contributed by atoms with E-state index in [1.807, 2.05) is 12.1 Å². The zero-order valence-corrected chi connectivity index (χ0v) is 11.2. The number of halogens is 1. The summed E-state index contributed by atoms with van der Waals surface area (Å²) in [6, 6.07) is 14.2. The van der Waals surface area contributed by atoms with Crippen LogP contribution >= 0.6 is 0 Å². The first-order chi connectivity index (χ1) is 9.28. The predicted octanol–water partition coefficient (Wildman–Crippen LogP) is 5.35. The lowest BCUT2D eigenvalue weighted by atomic mass is 10.1. The highest BCUT2D eigenvalue weighted by atomic mass is 19.1. The van der Waals surface area contributed by atoms with Crippen LogP contribution in [-0.2, 0) is 6.42 Å². The van der Waals surface area contributed by atoms with Gasteiger partial charge in [0.2, 0.25) is 0 Å². The van der Waals surface area contributed by atoms with E-state index in [0.29, 0.717) is 5.75 Å². The van der Waals surface area contributed by atoms with E-state index in [0.717, 1.165) is 12.2 Å². The van der Waals surface area contributed by atoms with E-state index in [2.05, 4.69) is 19.1 Å². The first-order valence-corrected chi connectivity index (χ1v) is 6.80. The van der Waals surface area contributed by atoms with Gasteiger partial charge in [0, 0.05) is 0 Å². The fraction of sp³-hybridized carbons (Fsp3) is 0.294. The van der Waals surface area contributed by atoms with E-state index in [1.54, 1.807) is 12.1 Å². The van der Waals surface area contributed by atoms with E-state index in [9.17, 15) is 4.39 Å². The number of unbranched alkanes of at least 4 members (excludes halogenated alkanes) is 2. The molecule has 2 aromatic rings. The molecule has 2 heteroatoms. The van der Waals surface area contributed by atoms with Gasteiger partial charge in [0.1, 0.15) is 17.3 Å². The SMILES string of the molecule is CCCCCc1cccc(Oc2ccc(F)cc2)c1. The largest absolute Gasteiger partial charge is 0.457 e.